The molecule has 0 aromatic rings. The molecule has 0 spiro atoms. The van der Waals surface area contributed by atoms with Gasteiger partial charge in [0.1, 0.15) is 0 Å². The highest BCUT2D eigenvalue weighted by molar-refractivity contribution is 5.91. The predicted octanol–water partition coefficient (Wildman–Crippen LogP) is -1.33. The number of hydrogen-bond donors (Lipinski definition) is 1. The van der Waals surface area contributed by atoms with Crippen LogP contribution in [0, 0.1) is 5.92 Å². The lowest BCUT2D eigenvalue weighted by atomic mass is 10.1. The van der Waals surface area contributed by atoms with Crippen molar-refractivity contribution in [3.8, 4) is 0 Å². The lowest BCUT2D eigenvalue weighted by molar-refractivity contribution is -0.140. The third-order valence-corrected chi connectivity index (χ3v) is 2.57. The Hall–Kier alpha value is -1.59. The van der Waals surface area contributed by atoms with Crippen LogP contribution in [-0.2, 0) is 14.4 Å². The number of likely N-dealkylation sites (N-methyl/N-ethyl adjacent to an activating group) is 2. The maximum Gasteiger partial charge on any atom is 0.241 e. The van der Waals surface area contributed by atoms with Crippen LogP contribution in [0.3, 0.4) is 0 Å². The molecule has 90 valence electrons. The molecular formula is C10H17N3O3. The minimum atomic E-state index is -0.326. The summed E-state index contributed by atoms with van der Waals surface area (Å²) in [6.45, 7) is 0.425. The summed E-state index contributed by atoms with van der Waals surface area (Å²) >= 11 is 0. The van der Waals surface area contributed by atoms with Gasteiger partial charge < -0.3 is 15.1 Å². The minimum absolute atomic E-state index is 0.0521. The molecule has 1 atom stereocenters. The Morgan fingerprint density at radius 1 is 1.38 bits per heavy atom. The third-order valence-electron chi connectivity index (χ3n) is 2.57. The van der Waals surface area contributed by atoms with E-state index in [1.165, 1.54) is 9.80 Å². The van der Waals surface area contributed by atoms with Gasteiger partial charge in [0.2, 0.25) is 17.7 Å². The fourth-order valence-corrected chi connectivity index (χ4v) is 1.51. The molecule has 1 heterocycles. The molecule has 0 aromatic carbocycles. The Morgan fingerprint density at radius 3 is 2.44 bits per heavy atom. The van der Waals surface area contributed by atoms with E-state index >= 15 is 0 Å². The summed E-state index contributed by atoms with van der Waals surface area (Å²) in [6.07, 6.45) is 0.222. The van der Waals surface area contributed by atoms with E-state index < -0.39 is 0 Å². The van der Waals surface area contributed by atoms with Crippen LogP contribution < -0.4 is 5.32 Å². The first-order valence-electron chi connectivity index (χ1n) is 5.13. The van der Waals surface area contributed by atoms with Gasteiger partial charge >= 0.3 is 0 Å². The Kier molecular flexibility index (Phi) is 3.87. The molecule has 1 unspecified atom stereocenters. The van der Waals surface area contributed by atoms with Crippen molar-refractivity contribution in [3.63, 3.8) is 0 Å². The molecule has 1 fully saturated rings. The molecule has 0 bridgehead atoms. The van der Waals surface area contributed by atoms with E-state index in [-0.39, 0.29) is 36.6 Å². The standard InChI is InChI=1S/C10H17N3O3/c1-12(2)9(15)6-13(3)10(16)7-4-8(14)11-5-7/h7H,4-6H2,1-3H3,(H,11,14). The largest absolute Gasteiger partial charge is 0.355 e. The fraction of sp³-hybridized carbons (Fsp3) is 0.700. The first-order valence-corrected chi connectivity index (χ1v) is 5.13. The topological polar surface area (TPSA) is 69.7 Å². The fourth-order valence-electron chi connectivity index (χ4n) is 1.51. The van der Waals surface area contributed by atoms with Crippen LogP contribution in [-0.4, -0.2) is 61.8 Å². The summed E-state index contributed by atoms with van der Waals surface area (Å²) in [5.41, 5.74) is 0. The highest BCUT2D eigenvalue weighted by atomic mass is 16.2. The van der Waals surface area contributed by atoms with Gasteiger partial charge in [0.25, 0.3) is 0 Å². The van der Waals surface area contributed by atoms with Gasteiger partial charge in [-0.3, -0.25) is 14.4 Å². The van der Waals surface area contributed by atoms with E-state index in [9.17, 15) is 14.4 Å². The van der Waals surface area contributed by atoms with Gasteiger partial charge in [-0.05, 0) is 0 Å². The van der Waals surface area contributed by atoms with Crippen molar-refractivity contribution >= 4 is 17.7 Å². The van der Waals surface area contributed by atoms with Gasteiger partial charge in [0.15, 0.2) is 0 Å². The molecule has 6 nitrogen and oxygen atoms in total. The summed E-state index contributed by atoms with van der Waals surface area (Å²) in [7, 11) is 4.86. The van der Waals surface area contributed by atoms with Crippen LogP contribution in [0.5, 0.6) is 0 Å². The van der Waals surface area contributed by atoms with Crippen molar-refractivity contribution in [2.75, 3.05) is 34.2 Å². The maximum absolute atomic E-state index is 11.8. The second-order valence-corrected chi connectivity index (χ2v) is 4.19. The molecule has 16 heavy (non-hydrogen) atoms. The van der Waals surface area contributed by atoms with Gasteiger partial charge in [-0.15, -0.1) is 0 Å². The molecule has 1 N–H and O–H groups in total. The highest BCUT2D eigenvalue weighted by Gasteiger charge is 2.30. The molecule has 0 saturated carbocycles. The number of rotatable bonds is 3. The molecule has 1 rings (SSSR count). The van der Waals surface area contributed by atoms with Crippen molar-refractivity contribution in [2.45, 2.75) is 6.42 Å². The molecule has 0 aliphatic carbocycles. The average molecular weight is 227 g/mol. The molecule has 0 radical (unpaired) electrons. The van der Waals surface area contributed by atoms with Gasteiger partial charge in [-0.1, -0.05) is 0 Å². The lowest BCUT2D eigenvalue weighted by Gasteiger charge is -2.21. The van der Waals surface area contributed by atoms with Crippen LogP contribution in [0.15, 0.2) is 0 Å². The summed E-state index contributed by atoms with van der Waals surface area (Å²) in [5, 5.41) is 2.60. The van der Waals surface area contributed by atoms with Crippen molar-refractivity contribution in [3.05, 3.63) is 0 Å². The van der Waals surface area contributed by atoms with Crippen molar-refractivity contribution < 1.29 is 14.4 Å². The Bertz CT molecular complexity index is 314. The lowest BCUT2D eigenvalue weighted by Crippen LogP contribution is -2.41. The van der Waals surface area contributed by atoms with Crippen LogP contribution >= 0.6 is 0 Å². The SMILES string of the molecule is CN(C)C(=O)CN(C)C(=O)C1CNC(=O)C1. The quantitative estimate of drug-likeness (QED) is 0.649. The Morgan fingerprint density at radius 2 is 2.00 bits per heavy atom. The van der Waals surface area contributed by atoms with Gasteiger partial charge in [-0.2, -0.15) is 0 Å². The summed E-state index contributed by atoms with van der Waals surface area (Å²) in [6, 6.07) is 0. The van der Waals surface area contributed by atoms with Crippen LogP contribution in [0.25, 0.3) is 0 Å². The molecule has 1 saturated heterocycles. The molecule has 1 aliphatic heterocycles. The van der Waals surface area contributed by atoms with Gasteiger partial charge in [0, 0.05) is 34.1 Å². The van der Waals surface area contributed by atoms with E-state index in [1.54, 1.807) is 21.1 Å². The first kappa shape index (κ1) is 12.5. The number of hydrogen-bond acceptors (Lipinski definition) is 3. The predicted molar refractivity (Wildman–Crippen MR) is 57.4 cm³/mol. The number of amides is 3. The van der Waals surface area contributed by atoms with E-state index in [1.807, 2.05) is 0 Å². The summed E-state index contributed by atoms with van der Waals surface area (Å²) in [5.74, 6) is -0.722. The number of nitrogens with zero attached hydrogens (tertiary/aromatic N) is 2. The Labute approximate surface area is 94.6 Å². The zero-order valence-corrected chi connectivity index (χ0v) is 9.82. The number of carbonyl (C=O) groups excluding carboxylic acids is 3. The van der Waals surface area contributed by atoms with Crippen LogP contribution in [0.4, 0.5) is 0 Å². The van der Waals surface area contributed by atoms with Crippen molar-refractivity contribution in [2.24, 2.45) is 5.92 Å². The second-order valence-electron chi connectivity index (χ2n) is 4.19. The second kappa shape index (κ2) is 4.96. The van der Waals surface area contributed by atoms with E-state index in [4.69, 9.17) is 0 Å². The first-order chi connectivity index (χ1) is 7.41. The van der Waals surface area contributed by atoms with Gasteiger partial charge in [-0.25, -0.2) is 0 Å². The molecule has 0 aromatic heterocycles. The maximum atomic E-state index is 11.8. The van der Waals surface area contributed by atoms with E-state index in [0.29, 0.717) is 6.54 Å². The molecular weight excluding hydrogens is 210 g/mol. The minimum Gasteiger partial charge on any atom is -0.355 e. The monoisotopic (exact) mass is 227 g/mol. The van der Waals surface area contributed by atoms with Gasteiger partial charge in [0.05, 0.1) is 12.5 Å². The average Bonchev–Trinajstić information content (AvgIpc) is 2.63. The molecule has 3 amide bonds. The highest BCUT2D eigenvalue weighted by Crippen LogP contribution is 2.11. The zero-order valence-electron chi connectivity index (χ0n) is 9.82. The number of nitrogens with one attached hydrogen (secondary N) is 1. The zero-order chi connectivity index (χ0) is 12.3. The van der Waals surface area contributed by atoms with E-state index in [0.717, 1.165) is 0 Å². The van der Waals surface area contributed by atoms with E-state index in [2.05, 4.69) is 5.32 Å². The van der Waals surface area contributed by atoms with Crippen molar-refractivity contribution in [1.82, 2.24) is 15.1 Å². The smallest absolute Gasteiger partial charge is 0.241 e. The van der Waals surface area contributed by atoms with Crippen molar-refractivity contribution in [1.29, 1.82) is 0 Å². The Balaban J connectivity index is 2.48. The van der Waals surface area contributed by atoms with Crippen LogP contribution in [0.1, 0.15) is 6.42 Å². The molecule has 1 aliphatic rings. The third kappa shape index (κ3) is 2.95. The number of carbonyl (C=O) groups is 3. The summed E-state index contributed by atoms with van der Waals surface area (Å²) < 4.78 is 0. The molecule has 6 heteroatoms. The normalized spacial score (nSPS) is 19.2. The van der Waals surface area contributed by atoms with Crippen LogP contribution in [0.2, 0.25) is 0 Å². The summed E-state index contributed by atoms with van der Waals surface area (Å²) in [4.78, 5) is 37.0.